The number of nitrogens with zero attached hydrogens (tertiary/aromatic N) is 3. The van der Waals surface area contributed by atoms with Crippen molar-refractivity contribution in [1.82, 2.24) is 36.1 Å². The first-order valence-electron chi connectivity index (χ1n) is 17.7. The van der Waals surface area contributed by atoms with E-state index in [1.165, 1.54) is 18.6 Å². The van der Waals surface area contributed by atoms with Gasteiger partial charge in [0.05, 0.1) is 12.2 Å². The summed E-state index contributed by atoms with van der Waals surface area (Å²) < 4.78 is 0. The molecule has 0 aromatic carbocycles. The zero-order chi connectivity index (χ0) is 34.6. The van der Waals surface area contributed by atoms with Gasteiger partial charge in [-0.2, -0.15) is 0 Å². The maximum Gasteiger partial charge on any atom is 0.289 e. The SMILES string of the molecule is CC[C@H](NC(=O)[C@@H]1[C@H]2CCC[C@H]2CN1C(=O)[C@@H](NC(=O)C(NC(=O)c1cnccn1)C1CCCCC1)C(C)(C)C)C(=O)C(=O)NC1CC1. The van der Waals surface area contributed by atoms with Crippen molar-refractivity contribution >= 4 is 35.3 Å². The van der Waals surface area contributed by atoms with Gasteiger partial charge in [-0.3, -0.25) is 33.8 Å². The standard InChI is InChI=1S/C35H51N7O6/c1-5-24(28(43)33(47)38-22-14-15-22)39-32(46)27-23-13-9-12-21(23)19-42(27)34(48)29(35(2,3)4)41-31(45)26(20-10-7-6-8-11-20)40-30(44)25-18-36-16-17-37-25/h16-18,20-24,26-27,29H,5-15,19H2,1-4H3,(H,38,47)(H,39,46)(H,40,44)(H,41,45)/t21-,23-,24-,26?,27-,29+/m0/s1. The Hall–Kier alpha value is -3.90. The fourth-order valence-corrected chi connectivity index (χ4v) is 7.66. The van der Waals surface area contributed by atoms with Crippen LogP contribution in [0.3, 0.4) is 0 Å². The smallest absolute Gasteiger partial charge is 0.289 e. The third-order valence-corrected chi connectivity index (χ3v) is 10.5. The third-order valence-electron chi connectivity index (χ3n) is 10.5. The Balaban J connectivity index is 1.35. The number of ketones is 1. The summed E-state index contributed by atoms with van der Waals surface area (Å²) in [6, 6.07) is -3.69. The molecular formula is C35H51N7O6. The van der Waals surface area contributed by atoms with Gasteiger partial charge in [0.25, 0.3) is 11.8 Å². The third kappa shape index (κ3) is 8.20. The van der Waals surface area contributed by atoms with Gasteiger partial charge in [-0.25, -0.2) is 4.98 Å². The van der Waals surface area contributed by atoms with E-state index in [1.54, 1.807) is 11.8 Å². The van der Waals surface area contributed by atoms with E-state index in [0.29, 0.717) is 6.54 Å². The van der Waals surface area contributed by atoms with E-state index in [9.17, 15) is 28.8 Å². The second-order valence-corrected chi connectivity index (χ2v) is 15.1. The fourth-order valence-electron chi connectivity index (χ4n) is 7.66. The summed E-state index contributed by atoms with van der Waals surface area (Å²) in [5.41, 5.74) is -0.638. The second kappa shape index (κ2) is 15.1. The summed E-state index contributed by atoms with van der Waals surface area (Å²) in [7, 11) is 0. The lowest BCUT2D eigenvalue weighted by Crippen LogP contribution is -2.62. The topological polar surface area (TPSA) is 180 Å². The van der Waals surface area contributed by atoms with Gasteiger partial charge in [0.15, 0.2) is 0 Å². The number of aromatic nitrogens is 2. The molecule has 2 heterocycles. The van der Waals surface area contributed by atoms with Gasteiger partial charge in [-0.15, -0.1) is 0 Å². The molecule has 1 unspecified atom stereocenters. The molecule has 5 rings (SSSR count). The molecule has 1 aliphatic heterocycles. The quantitative estimate of drug-likeness (QED) is 0.245. The van der Waals surface area contributed by atoms with Crippen LogP contribution in [0.2, 0.25) is 0 Å². The van der Waals surface area contributed by atoms with Crippen LogP contribution < -0.4 is 21.3 Å². The first-order chi connectivity index (χ1) is 22.9. The van der Waals surface area contributed by atoms with Gasteiger partial charge in [0.2, 0.25) is 23.5 Å². The summed E-state index contributed by atoms with van der Waals surface area (Å²) in [6.45, 7) is 7.69. The number of carbonyl (C=O) groups is 6. The number of amides is 5. The van der Waals surface area contributed by atoms with Gasteiger partial charge < -0.3 is 26.2 Å². The molecule has 0 spiro atoms. The van der Waals surface area contributed by atoms with Crippen LogP contribution in [0.15, 0.2) is 18.6 Å². The van der Waals surface area contributed by atoms with Crippen LogP contribution in [0, 0.1) is 23.2 Å². The molecule has 1 saturated heterocycles. The van der Waals surface area contributed by atoms with Crippen molar-refractivity contribution < 1.29 is 28.8 Å². The van der Waals surface area contributed by atoms with Crippen molar-refractivity contribution in [2.24, 2.45) is 23.2 Å². The number of likely N-dealkylation sites (tertiary alicyclic amines) is 1. The molecule has 3 saturated carbocycles. The number of Topliss-reactive ketones (excluding diaryl/α,β-unsaturated/α-hetero) is 1. The molecular weight excluding hydrogens is 614 g/mol. The molecule has 1 aromatic rings. The van der Waals surface area contributed by atoms with E-state index in [0.717, 1.165) is 64.2 Å². The number of hydrogen-bond donors (Lipinski definition) is 4. The Morgan fingerprint density at radius 2 is 1.62 bits per heavy atom. The van der Waals surface area contributed by atoms with Gasteiger partial charge in [0.1, 0.15) is 23.8 Å². The molecule has 0 bridgehead atoms. The van der Waals surface area contributed by atoms with E-state index in [2.05, 4.69) is 31.2 Å². The molecule has 4 aliphatic rings. The normalized spacial score (nSPS) is 24.5. The summed E-state index contributed by atoms with van der Waals surface area (Å²) >= 11 is 0. The van der Waals surface area contributed by atoms with E-state index in [-0.39, 0.29) is 41.8 Å². The highest BCUT2D eigenvalue weighted by molar-refractivity contribution is 6.38. The summed E-state index contributed by atoms with van der Waals surface area (Å²) in [5, 5.41) is 11.4. The minimum Gasteiger partial charge on any atom is -0.347 e. The second-order valence-electron chi connectivity index (χ2n) is 15.1. The van der Waals surface area contributed by atoms with Crippen LogP contribution >= 0.6 is 0 Å². The average Bonchev–Trinajstić information content (AvgIpc) is 3.64. The number of nitrogens with one attached hydrogen (secondary N) is 4. The first kappa shape index (κ1) is 35.4. The molecule has 4 fully saturated rings. The highest BCUT2D eigenvalue weighted by Gasteiger charge is 2.52. The highest BCUT2D eigenvalue weighted by Crippen LogP contribution is 2.43. The zero-order valence-electron chi connectivity index (χ0n) is 28.6. The highest BCUT2D eigenvalue weighted by atomic mass is 16.2. The maximum atomic E-state index is 14.5. The maximum absolute atomic E-state index is 14.5. The Labute approximate surface area is 282 Å². The summed E-state index contributed by atoms with van der Waals surface area (Å²) in [4.78, 5) is 90.9. The van der Waals surface area contributed by atoms with Crippen molar-refractivity contribution in [1.29, 1.82) is 0 Å². The fraction of sp³-hybridized carbons (Fsp3) is 0.714. The minimum atomic E-state index is -0.999. The van der Waals surface area contributed by atoms with Crippen LogP contribution in [0.4, 0.5) is 0 Å². The summed E-state index contributed by atoms with van der Waals surface area (Å²) in [6.07, 6.45) is 13.2. The van der Waals surface area contributed by atoms with E-state index in [4.69, 9.17) is 0 Å². The minimum absolute atomic E-state index is 0.0134. The monoisotopic (exact) mass is 665 g/mol. The van der Waals surface area contributed by atoms with Crippen LogP contribution in [-0.4, -0.2) is 86.9 Å². The molecule has 4 N–H and O–H groups in total. The number of fused-ring (bicyclic) bond motifs is 1. The lowest BCUT2D eigenvalue weighted by Gasteiger charge is -2.38. The Bertz CT molecular complexity index is 1370. The predicted octanol–water partition coefficient (Wildman–Crippen LogP) is 2.06. The predicted molar refractivity (Wildman–Crippen MR) is 176 cm³/mol. The average molecular weight is 666 g/mol. The summed E-state index contributed by atoms with van der Waals surface area (Å²) in [5.74, 6) is -3.25. The van der Waals surface area contributed by atoms with Crippen molar-refractivity contribution in [3.63, 3.8) is 0 Å². The molecule has 6 atom stereocenters. The van der Waals surface area contributed by atoms with Crippen molar-refractivity contribution in [2.45, 2.75) is 129 Å². The molecule has 5 amide bonds. The Morgan fingerprint density at radius 3 is 2.25 bits per heavy atom. The Kier molecular flexibility index (Phi) is 11.1. The molecule has 3 aliphatic carbocycles. The van der Waals surface area contributed by atoms with Gasteiger partial charge in [-0.05, 0) is 68.1 Å². The van der Waals surface area contributed by atoms with Crippen LogP contribution in [-0.2, 0) is 24.0 Å². The lowest BCUT2D eigenvalue weighted by atomic mass is 9.82. The van der Waals surface area contributed by atoms with E-state index >= 15 is 0 Å². The molecule has 13 nitrogen and oxygen atoms in total. The van der Waals surface area contributed by atoms with Crippen molar-refractivity contribution in [2.75, 3.05) is 6.54 Å². The van der Waals surface area contributed by atoms with Crippen molar-refractivity contribution in [3.8, 4) is 0 Å². The molecule has 0 radical (unpaired) electrons. The molecule has 262 valence electrons. The molecule has 1 aromatic heterocycles. The first-order valence-corrected chi connectivity index (χ1v) is 17.7. The van der Waals surface area contributed by atoms with E-state index < -0.39 is 59.0 Å². The molecule has 13 heteroatoms. The molecule has 48 heavy (non-hydrogen) atoms. The zero-order valence-corrected chi connectivity index (χ0v) is 28.6. The number of carbonyl (C=O) groups excluding carboxylic acids is 6. The van der Waals surface area contributed by atoms with Crippen molar-refractivity contribution in [3.05, 3.63) is 24.3 Å². The number of hydrogen-bond acceptors (Lipinski definition) is 8. The van der Waals surface area contributed by atoms with Gasteiger partial charge in [-0.1, -0.05) is 53.4 Å². The van der Waals surface area contributed by atoms with Crippen LogP contribution in [0.25, 0.3) is 0 Å². The van der Waals surface area contributed by atoms with Crippen LogP contribution in [0.1, 0.15) is 109 Å². The largest absolute Gasteiger partial charge is 0.347 e. The lowest BCUT2D eigenvalue weighted by molar-refractivity contribution is -0.146. The van der Waals surface area contributed by atoms with Gasteiger partial charge >= 0.3 is 0 Å². The Morgan fingerprint density at radius 1 is 0.896 bits per heavy atom. The van der Waals surface area contributed by atoms with E-state index in [1.807, 2.05) is 20.8 Å². The number of rotatable bonds is 12. The van der Waals surface area contributed by atoms with Crippen LogP contribution in [0.5, 0.6) is 0 Å². The van der Waals surface area contributed by atoms with Gasteiger partial charge in [0, 0.05) is 25.0 Å².